The van der Waals surface area contributed by atoms with Crippen LogP contribution in [0.3, 0.4) is 0 Å². The lowest BCUT2D eigenvalue weighted by atomic mass is 10.0. The van der Waals surface area contributed by atoms with Gasteiger partial charge in [-0.05, 0) is 49.4 Å². The van der Waals surface area contributed by atoms with Crippen LogP contribution in [0.5, 0.6) is 0 Å². The maximum absolute atomic E-state index is 13.5. The van der Waals surface area contributed by atoms with Gasteiger partial charge >= 0.3 is 0 Å². The largest absolute Gasteiger partial charge is 0.349 e. The molecule has 2 nitrogen and oxygen atoms in total. The van der Waals surface area contributed by atoms with E-state index in [0.717, 1.165) is 40.7 Å². The summed E-state index contributed by atoms with van der Waals surface area (Å²) in [5.74, 6) is 2.12. The van der Waals surface area contributed by atoms with Crippen molar-refractivity contribution in [3.05, 3.63) is 29.6 Å². The molecule has 0 aliphatic carbocycles. The van der Waals surface area contributed by atoms with Gasteiger partial charge in [0.2, 0.25) is 5.91 Å². The summed E-state index contributed by atoms with van der Waals surface area (Å²) in [5, 5.41) is 3.89. The minimum Gasteiger partial charge on any atom is -0.349 e. The second-order valence-electron chi connectivity index (χ2n) is 6.01. The number of benzene rings is 1. The van der Waals surface area contributed by atoms with E-state index in [1.807, 2.05) is 27.7 Å². The molecule has 126 valence electrons. The SMILES string of the molecule is O=C(CCCCC1CCSS1)NC1CCSc2ccc(F)cc21. The smallest absolute Gasteiger partial charge is 0.220 e. The van der Waals surface area contributed by atoms with Crippen molar-refractivity contribution in [2.24, 2.45) is 0 Å². The molecule has 2 atom stereocenters. The highest BCUT2D eigenvalue weighted by Gasteiger charge is 2.23. The van der Waals surface area contributed by atoms with Crippen LogP contribution >= 0.6 is 33.3 Å². The zero-order chi connectivity index (χ0) is 16.1. The first-order valence-electron chi connectivity index (χ1n) is 8.22. The highest BCUT2D eigenvalue weighted by molar-refractivity contribution is 8.77. The van der Waals surface area contributed by atoms with Crippen molar-refractivity contribution < 1.29 is 9.18 Å². The summed E-state index contributed by atoms with van der Waals surface area (Å²) in [4.78, 5) is 13.3. The number of fused-ring (bicyclic) bond motifs is 1. The van der Waals surface area contributed by atoms with Crippen molar-refractivity contribution >= 4 is 39.3 Å². The third-order valence-electron chi connectivity index (χ3n) is 4.25. The number of rotatable bonds is 6. The molecule has 1 fully saturated rings. The topological polar surface area (TPSA) is 29.1 Å². The molecule has 3 rings (SSSR count). The van der Waals surface area contributed by atoms with Crippen LogP contribution in [0.15, 0.2) is 23.1 Å². The van der Waals surface area contributed by atoms with E-state index in [0.29, 0.717) is 6.42 Å². The Kier molecular flexibility index (Phi) is 6.60. The molecule has 23 heavy (non-hydrogen) atoms. The summed E-state index contributed by atoms with van der Waals surface area (Å²) >= 11 is 1.74. The average Bonchev–Trinajstić information content (AvgIpc) is 3.05. The molecular formula is C17H22FNOS3. The Hall–Kier alpha value is -0.330. The van der Waals surface area contributed by atoms with Crippen LogP contribution in [0, 0.1) is 5.82 Å². The van der Waals surface area contributed by atoms with Gasteiger partial charge in [0.05, 0.1) is 6.04 Å². The van der Waals surface area contributed by atoms with Crippen molar-refractivity contribution in [1.29, 1.82) is 0 Å². The number of hydrogen-bond acceptors (Lipinski definition) is 4. The first-order valence-corrected chi connectivity index (χ1v) is 11.6. The van der Waals surface area contributed by atoms with Gasteiger partial charge in [-0.2, -0.15) is 0 Å². The van der Waals surface area contributed by atoms with Crippen LogP contribution in [0.4, 0.5) is 4.39 Å². The molecule has 0 aromatic heterocycles. The van der Waals surface area contributed by atoms with Crippen molar-refractivity contribution in [2.45, 2.75) is 54.7 Å². The maximum atomic E-state index is 13.5. The predicted molar refractivity (Wildman–Crippen MR) is 99.5 cm³/mol. The first kappa shape index (κ1) is 17.5. The molecule has 0 spiro atoms. The van der Waals surface area contributed by atoms with Gasteiger partial charge in [-0.25, -0.2) is 4.39 Å². The molecule has 1 saturated heterocycles. The van der Waals surface area contributed by atoms with Crippen molar-refractivity contribution in [3.8, 4) is 0 Å². The minimum absolute atomic E-state index is 0.0313. The Balaban J connectivity index is 1.44. The Bertz CT molecular complexity index is 549. The molecule has 2 aliphatic heterocycles. The van der Waals surface area contributed by atoms with Crippen LogP contribution < -0.4 is 5.32 Å². The number of carbonyl (C=O) groups is 1. The number of nitrogens with one attached hydrogen (secondary N) is 1. The van der Waals surface area contributed by atoms with Gasteiger partial charge in [-0.1, -0.05) is 28.0 Å². The highest BCUT2D eigenvalue weighted by Crippen LogP contribution is 2.40. The van der Waals surface area contributed by atoms with Gasteiger partial charge in [0.15, 0.2) is 0 Å². The molecule has 1 aromatic carbocycles. The third kappa shape index (κ3) is 5.07. The summed E-state index contributed by atoms with van der Waals surface area (Å²) in [6.45, 7) is 0. The quantitative estimate of drug-likeness (QED) is 0.550. The molecular weight excluding hydrogens is 349 g/mol. The zero-order valence-corrected chi connectivity index (χ0v) is 15.5. The molecule has 6 heteroatoms. The van der Waals surface area contributed by atoms with Gasteiger partial charge in [0, 0.05) is 28.1 Å². The van der Waals surface area contributed by atoms with E-state index >= 15 is 0 Å². The predicted octanol–water partition coefficient (Wildman–Crippen LogP) is 5.19. The second kappa shape index (κ2) is 8.67. The number of amides is 1. The standard InChI is InChI=1S/C17H22FNOS3/c18-12-5-6-16-14(11-12)15(8-9-21-16)19-17(20)4-2-1-3-13-7-10-22-23-13/h5-6,11,13,15H,1-4,7-10H2,(H,19,20). The number of carbonyl (C=O) groups excluding carboxylic acids is 1. The Labute approximate surface area is 149 Å². The lowest BCUT2D eigenvalue weighted by molar-refractivity contribution is -0.122. The van der Waals surface area contributed by atoms with Crippen molar-refractivity contribution in [2.75, 3.05) is 11.5 Å². The summed E-state index contributed by atoms with van der Waals surface area (Å²) in [6.07, 6.45) is 6.06. The lowest BCUT2D eigenvalue weighted by Gasteiger charge is -2.26. The van der Waals surface area contributed by atoms with E-state index < -0.39 is 0 Å². The van der Waals surface area contributed by atoms with Crippen LogP contribution in [-0.2, 0) is 4.79 Å². The number of thioether (sulfide) groups is 1. The molecule has 0 radical (unpaired) electrons. The number of unbranched alkanes of at least 4 members (excludes halogenated alkanes) is 1. The van der Waals surface area contributed by atoms with Gasteiger partial charge in [-0.3, -0.25) is 4.79 Å². The van der Waals surface area contributed by atoms with Crippen molar-refractivity contribution in [1.82, 2.24) is 5.32 Å². The van der Waals surface area contributed by atoms with E-state index in [1.54, 1.807) is 17.8 Å². The van der Waals surface area contributed by atoms with Gasteiger partial charge in [0.1, 0.15) is 5.82 Å². The fourth-order valence-corrected chi connectivity index (χ4v) is 7.14. The molecule has 0 bridgehead atoms. The maximum Gasteiger partial charge on any atom is 0.220 e. The molecule has 0 saturated carbocycles. The Morgan fingerprint density at radius 3 is 3.00 bits per heavy atom. The third-order valence-corrected chi connectivity index (χ3v) is 8.38. The average molecular weight is 372 g/mol. The lowest BCUT2D eigenvalue weighted by Crippen LogP contribution is -2.30. The van der Waals surface area contributed by atoms with Gasteiger partial charge in [-0.15, -0.1) is 11.8 Å². The van der Waals surface area contributed by atoms with E-state index in [-0.39, 0.29) is 17.8 Å². The van der Waals surface area contributed by atoms with Crippen LogP contribution in [0.25, 0.3) is 0 Å². The fraction of sp³-hybridized carbons (Fsp3) is 0.588. The zero-order valence-electron chi connectivity index (χ0n) is 13.1. The molecule has 2 unspecified atom stereocenters. The first-order chi connectivity index (χ1) is 11.2. The van der Waals surface area contributed by atoms with Gasteiger partial charge in [0.25, 0.3) is 0 Å². The summed E-state index contributed by atoms with van der Waals surface area (Å²) < 4.78 is 13.5. The molecule has 1 N–H and O–H groups in total. The second-order valence-corrected chi connectivity index (χ2v) is 9.94. The summed E-state index contributed by atoms with van der Waals surface area (Å²) in [7, 11) is 3.97. The van der Waals surface area contributed by atoms with Crippen molar-refractivity contribution in [3.63, 3.8) is 0 Å². The van der Waals surface area contributed by atoms with E-state index in [1.165, 1.54) is 24.7 Å². The van der Waals surface area contributed by atoms with Crippen LogP contribution in [0.2, 0.25) is 0 Å². The van der Waals surface area contributed by atoms with Crippen LogP contribution in [0.1, 0.15) is 50.1 Å². The van der Waals surface area contributed by atoms with Crippen LogP contribution in [-0.4, -0.2) is 22.7 Å². The van der Waals surface area contributed by atoms with E-state index in [9.17, 15) is 9.18 Å². The minimum atomic E-state index is -0.225. The van der Waals surface area contributed by atoms with E-state index in [2.05, 4.69) is 5.32 Å². The number of hydrogen-bond donors (Lipinski definition) is 1. The molecule has 1 aromatic rings. The molecule has 1 amide bonds. The molecule has 2 heterocycles. The fourth-order valence-electron chi connectivity index (χ4n) is 3.00. The molecule has 2 aliphatic rings. The Morgan fingerprint density at radius 2 is 2.17 bits per heavy atom. The number of halogens is 1. The van der Waals surface area contributed by atoms with Gasteiger partial charge < -0.3 is 5.32 Å². The normalized spacial score (nSPS) is 23.5. The Morgan fingerprint density at radius 1 is 1.26 bits per heavy atom. The summed E-state index contributed by atoms with van der Waals surface area (Å²) in [6, 6.07) is 4.86. The summed E-state index contributed by atoms with van der Waals surface area (Å²) in [5.41, 5.74) is 0.939. The monoisotopic (exact) mass is 371 g/mol. The van der Waals surface area contributed by atoms with E-state index in [4.69, 9.17) is 0 Å². The highest BCUT2D eigenvalue weighted by atomic mass is 33.1.